The zero-order chi connectivity index (χ0) is 50.4. The molecule has 0 atom stereocenters. The molecule has 9 aromatic rings. The zero-order valence-corrected chi connectivity index (χ0v) is 45.5. The van der Waals surface area contributed by atoms with Crippen molar-refractivity contribution in [2.75, 3.05) is 4.90 Å². The second kappa shape index (κ2) is 14.5. The maximum absolute atomic E-state index is 2.83. The Morgan fingerprint density at radius 1 is 0.408 bits per heavy atom. The summed E-state index contributed by atoms with van der Waals surface area (Å²) in [4.78, 5) is 2.70. The van der Waals surface area contributed by atoms with Crippen LogP contribution in [0.1, 0.15) is 157 Å². The van der Waals surface area contributed by atoms with Crippen LogP contribution in [0.15, 0.2) is 133 Å². The van der Waals surface area contributed by atoms with Crippen molar-refractivity contribution in [1.82, 2.24) is 9.05 Å². The number of para-hydroxylation sites is 1. The summed E-state index contributed by atoms with van der Waals surface area (Å²) in [6.45, 7) is 40.3. The van der Waals surface area contributed by atoms with E-state index < -0.39 is 0 Å². The van der Waals surface area contributed by atoms with Gasteiger partial charge in [0, 0.05) is 71.9 Å². The van der Waals surface area contributed by atoms with Gasteiger partial charge in [0.05, 0.1) is 11.0 Å². The molecule has 0 N–H and O–H groups in total. The molecule has 3 aliphatic rings. The SMILES string of the molecule is CC(C)(C)c1ccc(N2C3=C(B4c5c(cc(C(C)(C)C)cc52)-c2cc(C(C)(C)C)cc5c6cc7c(cc6n4c25)c2cc(C(C)(C)C)ccc2n7-c2ccccc2)C(C)(C)c2ccc(C(C)(C)C)cc23)cc1. The first-order valence-electron chi connectivity index (χ1n) is 26.3. The number of nitrogens with zero attached hydrogens (tertiary/aromatic N) is 3. The monoisotopic (exact) mass is 930 g/mol. The highest BCUT2D eigenvalue weighted by Crippen LogP contribution is 2.58. The normalized spacial score (nSPS) is 15.7. The van der Waals surface area contributed by atoms with Crippen LogP contribution < -0.4 is 10.4 Å². The lowest BCUT2D eigenvalue weighted by molar-refractivity contribution is 0.588. The number of rotatable bonds is 2. The predicted octanol–water partition coefficient (Wildman–Crippen LogP) is 17.5. The summed E-state index contributed by atoms with van der Waals surface area (Å²) in [5.74, 6) is 0. The minimum absolute atomic E-state index is 0.000694. The number of allylic oxidation sites excluding steroid dienone is 1. The molecule has 7 aromatic carbocycles. The van der Waals surface area contributed by atoms with Crippen molar-refractivity contribution in [2.24, 2.45) is 0 Å². The average Bonchev–Trinajstić information content (AvgIpc) is 3.87. The molecule has 0 radical (unpaired) electrons. The Labute approximate surface area is 423 Å². The van der Waals surface area contributed by atoms with Gasteiger partial charge < -0.3 is 13.9 Å². The first-order valence-corrected chi connectivity index (χ1v) is 26.3. The molecule has 0 saturated heterocycles. The van der Waals surface area contributed by atoms with Crippen molar-refractivity contribution < 1.29 is 0 Å². The van der Waals surface area contributed by atoms with Crippen molar-refractivity contribution >= 4 is 73.0 Å². The highest BCUT2D eigenvalue weighted by atomic mass is 15.2. The maximum Gasteiger partial charge on any atom is 0.329 e. The van der Waals surface area contributed by atoms with E-state index in [2.05, 4.69) is 259 Å². The van der Waals surface area contributed by atoms with Crippen molar-refractivity contribution in [3.63, 3.8) is 0 Å². The van der Waals surface area contributed by atoms with E-state index >= 15 is 0 Å². The first-order chi connectivity index (χ1) is 33.1. The van der Waals surface area contributed by atoms with Gasteiger partial charge in [0.2, 0.25) is 0 Å². The van der Waals surface area contributed by atoms with Crippen LogP contribution in [-0.2, 0) is 32.5 Å². The zero-order valence-electron chi connectivity index (χ0n) is 45.5. The number of benzene rings is 7. The fraction of sp³-hybridized carbons (Fsp3) is 0.343. The Hall–Kier alpha value is -6.26. The van der Waals surface area contributed by atoms with Crippen LogP contribution in [0.4, 0.5) is 11.4 Å². The van der Waals surface area contributed by atoms with E-state index in [1.54, 1.807) is 0 Å². The molecule has 2 aliphatic heterocycles. The van der Waals surface area contributed by atoms with Gasteiger partial charge >= 0.3 is 6.85 Å². The number of hydrogen-bond donors (Lipinski definition) is 0. The van der Waals surface area contributed by atoms with Crippen LogP contribution in [0, 0.1) is 0 Å². The molecule has 0 fully saturated rings. The van der Waals surface area contributed by atoms with Crippen LogP contribution in [0.5, 0.6) is 0 Å². The van der Waals surface area contributed by atoms with Crippen LogP contribution in [-0.4, -0.2) is 15.9 Å². The number of hydrogen-bond acceptors (Lipinski definition) is 1. The van der Waals surface area contributed by atoms with E-state index in [-0.39, 0.29) is 39.3 Å². The Morgan fingerprint density at radius 2 is 0.915 bits per heavy atom. The summed E-state index contributed by atoms with van der Waals surface area (Å²) in [7, 11) is 0. The molecule has 0 bridgehead atoms. The van der Waals surface area contributed by atoms with Gasteiger partial charge in [0.25, 0.3) is 0 Å². The standard InChI is InChI=1S/C67H72BN3/c1-62(2,3)39-23-27-45(28-24-39)70-57-36-43(66(13,14)15)33-49-51-35-42(65(10,11)12)34-50-48-37-55-47(46-31-41(64(7,8)9)26-30-54(46)69(55)44-21-19-18-20-22-44)38-56(48)71(59(50)51)68(58(49)57)61-60(70)52-32-40(63(4,5)6)25-29-53(52)67(61,16)17/h18-38H,1-17H3. The van der Waals surface area contributed by atoms with Gasteiger partial charge in [-0.05, 0) is 150 Å². The van der Waals surface area contributed by atoms with E-state index in [4.69, 9.17) is 0 Å². The van der Waals surface area contributed by atoms with Crippen LogP contribution in [0.2, 0.25) is 0 Å². The summed E-state index contributed by atoms with van der Waals surface area (Å²) in [5, 5.41) is 5.24. The molecule has 2 aromatic heterocycles. The summed E-state index contributed by atoms with van der Waals surface area (Å²) in [6.07, 6.45) is 0. The van der Waals surface area contributed by atoms with Gasteiger partial charge in [-0.25, -0.2) is 0 Å². The van der Waals surface area contributed by atoms with E-state index in [0.717, 1.165) is 0 Å². The number of aromatic nitrogens is 2. The quantitative estimate of drug-likeness (QED) is 0.157. The van der Waals surface area contributed by atoms with Gasteiger partial charge in [0.15, 0.2) is 0 Å². The third-order valence-electron chi connectivity index (χ3n) is 16.8. The van der Waals surface area contributed by atoms with Crippen molar-refractivity contribution in [3.8, 4) is 16.8 Å². The molecule has 0 unspecified atom stereocenters. The fourth-order valence-corrected chi connectivity index (χ4v) is 12.6. The summed E-state index contributed by atoms with van der Waals surface area (Å²) >= 11 is 0. The Bertz CT molecular complexity index is 3780. The Balaban J connectivity index is 1.29. The molecule has 358 valence electrons. The minimum atomic E-state index is -0.298. The van der Waals surface area contributed by atoms with Gasteiger partial charge in [-0.2, -0.15) is 0 Å². The predicted molar refractivity (Wildman–Crippen MR) is 308 cm³/mol. The topological polar surface area (TPSA) is 13.1 Å². The lowest BCUT2D eigenvalue weighted by Gasteiger charge is -2.44. The lowest BCUT2D eigenvalue weighted by atomic mass is 9.40. The third-order valence-corrected chi connectivity index (χ3v) is 16.8. The van der Waals surface area contributed by atoms with E-state index in [1.165, 1.54) is 127 Å². The summed E-state index contributed by atoms with van der Waals surface area (Å²) in [6, 6.07) is 50.7. The first kappa shape index (κ1) is 45.9. The Morgan fingerprint density at radius 3 is 1.55 bits per heavy atom. The second-order valence-corrected chi connectivity index (χ2v) is 27.2. The van der Waals surface area contributed by atoms with Crippen molar-refractivity contribution in [2.45, 2.75) is 150 Å². The molecule has 0 spiro atoms. The van der Waals surface area contributed by atoms with Gasteiger partial charge in [-0.1, -0.05) is 172 Å². The summed E-state index contributed by atoms with van der Waals surface area (Å²) < 4.78 is 5.35. The van der Waals surface area contributed by atoms with Crippen LogP contribution in [0.25, 0.3) is 66.1 Å². The lowest BCUT2D eigenvalue weighted by Crippen LogP contribution is -2.52. The number of anilines is 2. The van der Waals surface area contributed by atoms with E-state index in [1.807, 2.05) is 0 Å². The van der Waals surface area contributed by atoms with Crippen molar-refractivity contribution in [1.29, 1.82) is 0 Å². The van der Waals surface area contributed by atoms with Gasteiger partial charge in [-0.15, -0.1) is 0 Å². The molecule has 4 heteroatoms. The van der Waals surface area contributed by atoms with E-state index in [9.17, 15) is 0 Å². The molecule has 3 nitrogen and oxygen atoms in total. The van der Waals surface area contributed by atoms with Crippen LogP contribution in [0.3, 0.4) is 0 Å². The molecule has 4 heterocycles. The molecule has 1 aliphatic carbocycles. The van der Waals surface area contributed by atoms with Crippen LogP contribution >= 0.6 is 0 Å². The van der Waals surface area contributed by atoms with Crippen molar-refractivity contribution in [3.05, 3.63) is 172 Å². The molecule has 0 amide bonds. The van der Waals surface area contributed by atoms with Gasteiger partial charge in [0.1, 0.15) is 0 Å². The molecular formula is C67H72BN3. The average molecular weight is 930 g/mol. The summed E-state index contributed by atoms with van der Waals surface area (Å²) in [5.41, 5.74) is 24.8. The highest BCUT2D eigenvalue weighted by molar-refractivity contribution is 6.85. The molecular weight excluding hydrogens is 858 g/mol. The largest absolute Gasteiger partial charge is 0.376 e. The fourth-order valence-electron chi connectivity index (χ4n) is 12.6. The maximum atomic E-state index is 2.83. The molecule has 71 heavy (non-hydrogen) atoms. The molecule has 0 saturated carbocycles. The second-order valence-electron chi connectivity index (χ2n) is 27.2. The van der Waals surface area contributed by atoms with Gasteiger partial charge in [-0.3, -0.25) is 0 Å². The Kier molecular flexibility index (Phi) is 9.34. The third kappa shape index (κ3) is 6.61. The van der Waals surface area contributed by atoms with E-state index in [0.29, 0.717) is 0 Å². The highest BCUT2D eigenvalue weighted by Gasteiger charge is 2.53. The minimum Gasteiger partial charge on any atom is -0.376 e. The smallest absolute Gasteiger partial charge is 0.329 e. The number of fused-ring (bicyclic) bond motifs is 11. The molecule has 12 rings (SSSR count).